The lowest BCUT2D eigenvalue weighted by Gasteiger charge is -2.14. The number of rotatable bonds is 1. The van der Waals surface area contributed by atoms with Crippen molar-refractivity contribution in [1.82, 2.24) is 0 Å². The second-order valence-corrected chi connectivity index (χ2v) is 3.43. The summed E-state index contributed by atoms with van der Waals surface area (Å²) >= 11 is 0.204. The second-order valence-electron chi connectivity index (χ2n) is 2.23. The molecular weight excluding hydrogens is 168 g/mol. The average molecular weight is 174 g/mol. The molecule has 0 aromatic rings. The molecule has 0 amide bonds. The lowest BCUT2D eigenvalue weighted by molar-refractivity contribution is 0.0637. The topological polar surface area (TPSA) is 0 Å². The van der Waals surface area contributed by atoms with E-state index in [0.717, 1.165) is 0 Å². The molecule has 0 aliphatic carbocycles. The zero-order chi connectivity index (χ0) is 7.78. The van der Waals surface area contributed by atoms with E-state index in [0.29, 0.717) is 0 Å². The standard InChI is InChI=1S/C5H6F4S/c6-2-5(9)1-3(7)10-4(5)8/h3-4H,1-2H2. The Hall–Kier alpha value is 0.0700. The molecule has 5 heteroatoms. The van der Waals surface area contributed by atoms with Crippen LogP contribution >= 0.6 is 11.8 Å². The van der Waals surface area contributed by atoms with Crippen LogP contribution in [0.1, 0.15) is 6.42 Å². The van der Waals surface area contributed by atoms with Gasteiger partial charge in [-0.25, -0.2) is 17.6 Å². The Kier molecular flexibility index (Phi) is 2.12. The largest absolute Gasteiger partial charge is 0.247 e. The monoisotopic (exact) mass is 174 g/mol. The molecule has 3 atom stereocenters. The molecule has 1 fully saturated rings. The molecule has 0 aromatic heterocycles. The van der Waals surface area contributed by atoms with Gasteiger partial charge in [-0.3, -0.25) is 0 Å². The van der Waals surface area contributed by atoms with Gasteiger partial charge in [0.15, 0.2) is 16.7 Å². The van der Waals surface area contributed by atoms with Crippen molar-refractivity contribution in [3.63, 3.8) is 0 Å². The minimum absolute atomic E-state index is 0.204. The summed E-state index contributed by atoms with van der Waals surface area (Å²) < 4.78 is 48.9. The Bertz CT molecular complexity index is 131. The van der Waals surface area contributed by atoms with Gasteiger partial charge in [0.1, 0.15) is 6.67 Å². The highest BCUT2D eigenvalue weighted by Crippen LogP contribution is 2.45. The molecule has 0 aromatic carbocycles. The van der Waals surface area contributed by atoms with Gasteiger partial charge in [0.05, 0.1) is 0 Å². The predicted molar refractivity (Wildman–Crippen MR) is 31.8 cm³/mol. The van der Waals surface area contributed by atoms with Gasteiger partial charge in [0, 0.05) is 6.42 Å². The van der Waals surface area contributed by atoms with Gasteiger partial charge in [-0.1, -0.05) is 11.8 Å². The normalized spacial score (nSPS) is 48.0. The number of hydrogen-bond donors (Lipinski definition) is 0. The van der Waals surface area contributed by atoms with E-state index >= 15 is 0 Å². The van der Waals surface area contributed by atoms with Crippen LogP contribution in [-0.2, 0) is 0 Å². The highest BCUT2D eigenvalue weighted by molar-refractivity contribution is 8.00. The molecule has 1 aliphatic heterocycles. The highest BCUT2D eigenvalue weighted by atomic mass is 32.2. The zero-order valence-corrected chi connectivity index (χ0v) is 5.81. The lowest BCUT2D eigenvalue weighted by atomic mass is 10.1. The number of halogens is 4. The molecule has 0 nitrogen and oxygen atoms in total. The van der Waals surface area contributed by atoms with E-state index in [1.807, 2.05) is 0 Å². The van der Waals surface area contributed by atoms with Crippen molar-refractivity contribution in [2.24, 2.45) is 0 Å². The highest BCUT2D eigenvalue weighted by Gasteiger charge is 2.50. The molecule has 1 heterocycles. The van der Waals surface area contributed by atoms with Gasteiger partial charge in [-0.15, -0.1) is 0 Å². The quantitative estimate of drug-likeness (QED) is 0.550. The van der Waals surface area contributed by atoms with Crippen molar-refractivity contribution in [3.8, 4) is 0 Å². The summed E-state index contributed by atoms with van der Waals surface area (Å²) in [6.07, 6.45) is -0.671. The van der Waals surface area contributed by atoms with Crippen molar-refractivity contribution >= 4 is 11.8 Å². The van der Waals surface area contributed by atoms with Crippen molar-refractivity contribution in [2.45, 2.75) is 23.1 Å². The van der Waals surface area contributed by atoms with E-state index in [1.165, 1.54) is 0 Å². The Morgan fingerprint density at radius 3 is 2.30 bits per heavy atom. The molecule has 3 unspecified atom stereocenters. The first-order valence-corrected chi connectivity index (χ1v) is 3.71. The first-order valence-electron chi connectivity index (χ1n) is 2.77. The van der Waals surface area contributed by atoms with E-state index in [4.69, 9.17) is 0 Å². The summed E-state index contributed by atoms with van der Waals surface area (Å²) in [7, 11) is 0. The molecule has 1 rings (SSSR count). The van der Waals surface area contributed by atoms with Gasteiger partial charge >= 0.3 is 0 Å². The van der Waals surface area contributed by atoms with Crippen molar-refractivity contribution < 1.29 is 17.6 Å². The Balaban J connectivity index is 2.61. The third-order valence-electron chi connectivity index (χ3n) is 1.40. The molecular formula is C5H6F4S. The molecule has 1 aliphatic rings. The summed E-state index contributed by atoms with van der Waals surface area (Å²) in [6, 6.07) is 0. The van der Waals surface area contributed by atoms with Crippen LogP contribution in [-0.4, -0.2) is 23.4 Å². The predicted octanol–water partition coefficient (Wildman–Crippen LogP) is 2.39. The van der Waals surface area contributed by atoms with Crippen molar-refractivity contribution in [1.29, 1.82) is 0 Å². The van der Waals surface area contributed by atoms with Crippen LogP contribution in [0.5, 0.6) is 0 Å². The van der Waals surface area contributed by atoms with Gasteiger partial charge in [-0.2, -0.15) is 0 Å². The summed E-state index contributed by atoms with van der Waals surface area (Å²) in [4.78, 5) is 0. The third-order valence-corrected chi connectivity index (χ3v) is 2.52. The summed E-state index contributed by atoms with van der Waals surface area (Å²) in [5, 5.41) is 0. The first-order chi connectivity index (χ1) is 4.58. The van der Waals surface area contributed by atoms with Crippen LogP contribution in [0, 0.1) is 0 Å². The SMILES string of the molecule is FCC1(F)CC(F)SC1F. The fourth-order valence-electron chi connectivity index (χ4n) is 0.774. The van der Waals surface area contributed by atoms with E-state index < -0.39 is 29.8 Å². The van der Waals surface area contributed by atoms with Gasteiger partial charge in [-0.05, 0) is 0 Å². The summed E-state index contributed by atoms with van der Waals surface area (Å²) in [6.45, 7) is -1.44. The van der Waals surface area contributed by atoms with Crippen molar-refractivity contribution in [3.05, 3.63) is 0 Å². The van der Waals surface area contributed by atoms with Crippen LogP contribution in [0.2, 0.25) is 0 Å². The van der Waals surface area contributed by atoms with Crippen LogP contribution in [0.15, 0.2) is 0 Å². The van der Waals surface area contributed by atoms with Crippen LogP contribution in [0.3, 0.4) is 0 Å². The van der Waals surface area contributed by atoms with Gasteiger partial charge in [0.2, 0.25) is 0 Å². The van der Waals surface area contributed by atoms with Gasteiger partial charge in [0.25, 0.3) is 0 Å². The molecule has 1 saturated heterocycles. The Morgan fingerprint density at radius 2 is 2.10 bits per heavy atom. The van der Waals surface area contributed by atoms with Crippen LogP contribution < -0.4 is 0 Å². The van der Waals surface area contributed by atoms with E-state index in [9.17, 15) is 17.6 Å². The Morgan fingerprint density at radius 1 is 1.50 bits per heavy atom. The summed E-state index contributed by atoms with van der Waals surface area (Å²) in [5.74, 6) is 0. The van der Waals surface area contributed by atoms with E-state index in [-0.39, 0.29) is 11.8 Å². The third kappa shape index (κ3) is 1.24. The molecule has 0 bridgehead atoms. The van der Waals surface area contributed by atoms with Crippen LogP contribution in [0.4, 0.5) is 17.6 Å². The molecule has 0 N–H and O–H groups in total. The van der Waals surface area contributed by atoms with Crippen LogP contribution in [0.25, 0.3) is 0 Å². The summed E-state index contributed by atoms with van der Waals surface area (Å²) in [5.41, 5.74) is -6.23. The zero-order valence-electron chi connectivity index (χ0n) is 4.99. The molecule has 0 spiro atoms. The van der Waals surface area contributed by atoms with E-state index in [1.54, 1.807) is 0 Å². The maximum Gasteiger partial charge on any atom is 0.185 e. The second kappa shape index (κ2) is 2.60. The minimum atomic E-state index is -2.58. The lowest BCUT2D eigenvalue weighted by Crippen LogP contribution is -2.30. The first kappa shape index (κ1) is 8.17. The number of alkyl halides is 4. The number of hydrogen-bond acceptors (Lipinski definition) is 1. The average Bonchev–Trinajstić information content (AvgIpc) is 2.09. The fourth-order valence-corrected chi connectivity index (χ4v) is 1.81. The maximum atomic E-state index is 12.7. The molecule has 0 saturated carbocycles. The van der Waals surface area contributed by atoms with Gasteiger partial charge < -0.3 is 0 Å². The fraction of sp³-hybridized carbons (Fsp3) is 1.00. The van der Waals surface area contributed by atoms with E-state index in [2.05, 4.69) is 0 Å². The Labute approximate surface area is 60.0 Å². The number of thioether (sulfide) groups is 1. The minimum Gasteiger partial charge on any atom is -0.247 e. The molecule has 60 valence electrons. The molecule has 0 radical (unpaired) electrons. The smallest absolute Gasteiger partial charge is 0.185 e. The van der Waals surface area contributed by atoms with Crippen molar-refractivity contribution in [2.75, 3.05) is 6.67 Å². The molecule has 10 heavy (non-hydrogen) atoms. The maximum absolute atomic E-state index is 12.7.